The maximum atomic E-state index is 12.3. The molecule has 1 aromatic heterocycles. The zero-order chi connectivity index (χ0) is 16.5. The van der Waals surface area contributed by atoms with Gasteiger partial charge < -0.3 is 9.88 Å². The van der Waals surface area contributed by atoms with Gasteiger partial charge in [-0.1, -0.05) is 23.7 Å². The molecular formula is C18H21ClN4O. The van der Waals surface area contributed by atoms with E-state index in [9.17, 15) is 4.79 Å². The van der Waals surface area contributed by atoms with Crippen LogP contribution in [-0.4, -0.2) is 34.1 Å². The van der Waals surface area contributed by atoms with Crippen LogP contribution in [0.4, 0.5) is 5.82 Å². The fourth-order valence-corrected chi connectivity index (χ4v) is 3.62. The Balaban J connectivity index is 1.35. The lowest BCUT2D eigenvalue weighted by molar-refractivity contribution is 0.264. The third-order valence-electron chi connectivity index (χ3n) is 4.82. The maximum absolute atomic E-state index is 12.3. The Morgan fingerprint density at radius 2 is 2.21 bits per heavy atom. The van der Waals surface area contributed by atoms with Crippen molar-refractivity contribution in [2.24, 2.45) is 0 Å². The average Bonchev–Trinajstić information content (AvgIpc) is 3.41. The Bertz CT molecular complexity index is 800. The first-order valence-electron chi connectivity index (χ1n) is 8.52. The summed E-state index contributed by atoms with van der Waals surface area (Å²) in [7, 11) is 0. The van der Waals surface area contributed by atoms with Crippen molar-refractivity contribution in [2.75, 3.05) is 25.0 Å². The third-order valence-corrected chi connectivity index (χ3v) is 5.17. The number of fused-ring (bicyclic) bond motifs is 1. The zero-order valence-electron chi connectivity index (χ0n) is 13.5. The number of nitrogens with zero attached hydrogens (tertiary/aromatic N) is 3. The summed E-state index contributed by atoms with van der Waals surface area (Å²) in [5.74, 6) is 0.463. The van der Waals surface area contributed by atoms with Crippen LogP contribution in [0.25, 0.3) is 0 Å². The molecule has 0 bridgehead atoms. The molecule has 1 aliphatic heterocycles. The first kappa shape index (κ1) is 15.7. The van der Waals surface area contributed by atoms with E-state index >= 15 is 0 Å². The van der Waals surface area contributed by atoms with Gasteiger partial charge in [-0.15, -0.1) is 0 Å². The minimum Gasteiger partial charge on any atom is -0.364 e. The number of rotatable bonds is 5. The molecule has 24 heavy (non-hydrogen) atoms. The average molecular weight is 345 g/mol. The molecule has 4 rings (SSSR count). The molecule has 5 nitrogen and oxygen atoms in total. The van der Waals surface area contributed by atoms with Gasteiger partial charge in [-0.2, -0.15) is 0 Å². The van der Waals surface area contributed by atoms with E-state index in [0.29, 0.717) is 18.4 Å². The second-order valence-corrected chi connectivity index (χ2v) is 6.96. The van der Waals surface area contributed by atoms with Gasteiger partial charge in [0, 0.05) is 49.6 Å². The van der Waals surface area contributed by atoms with Gasteiger partial charge in [-0.05, 0) is 36.5 Å². The van der Waals surface area contributed by atoms with Crippen LogP contribution in [0.5, 0.6) is 0 Å². The van der Waals surface area contributed by atoms with Crippen LogP contribution < -0.4 is 10.9 Å². The SMILES string of the molecule is O=c1c(NCCN2CCc3c(Cl)cccc3C2)nccn1C1CC1. The van der Waals surface area contributed by atoms with E-state index in [1.165, 1.54) is 11.1 Å². The molecule has 1 aromatic carbocycles. The highest BCUT2D eigenvalue weighted by atomic mass is 35.5. The van der Waals surface area contributed by atoms with Gasteiger partial charge in [0.25, 0.3) is 5.56 Å². The van der Waals surface area contributed by atoms with E-state index in [-0.39, 0.29) is 5.56 Å². The van der Waals surface area contributed by atoms with Crippen molar-refractivity contribution in [3.8, 4) is 0 Å². The fraction of sp³-hybridized carbons (Fsp3) is 0.444. The van der Waals surface area contributed by atoms with Crippen molar-refractivity contribution in [1.29, 1.82) is 0 Å². The number of anilines is 1. The first-order valence-corrected chi connectivity index (χ1v) is 8.90. The summed E-state index contributed by atoms with van der Waals surface area (Å²) in [4.78, 5) is 18.9. The molecule has 2 aliphatic rings. The number of nitrogens with one attached hydrogen (secondary N) is 1. The van der Waals surface area contributed by atoms with E-state index in [2.05, 4.69) is 21.3 Å². The van der Waals surface area contributed by atoms with Gasteiger partial charge in [0.05, 0.1) is 0 Å². The summed E-state index contributed by atoms with van der Waals surface area (Å²) in [5.41, 5.74) is 2.58. The van der Waals surface area contributed by atoms with Gasteiger partial charge in [0.2, 0.25) is 0 Å². The highest BCUT2D eigenvalue weighted by Gasteiger charge is 2.25. The maximum Gasteiger partial charge on any atom is 0.293 e. The third kappa shape index (κ3) is 3.19. The van der Waals surface area contributed by atoms with E-state index < -0.39 is 0 Å². The van der Waals surface area contributed by atoms with Gasteiger partial charge >= 0.3 is 0 Å². The minimum atomic E-state index is -0.00392. The van der Waals surface area contributed by atoms with Crippen LogP contribution in [-0.2, 0) is 13.0 Å². The summed E-state index contributed by atoms with van der Waals surface area (Å²) in [6.07, 6.45) is 6.67. The topological polar surface area (TPSA) is 50.2 Å². The van der Waals surface area contributed by atoms with Gasteiger partial charge in [0.15, 0.2) is 5.82 Å². The molecule has 1 saturated carbocycles. The van der Waals surface area contributed by atoms with Gasteiger partial charge in [0.1, 0.15) is 0 Å². The molecule has 0 atom stereocenters. The summed E-state index contributed by atoms with van der Waals surface area (Å²) >= 11 is 6.26. The molecule has 2 aromatic rings. The Kier molecular flexibility index (Phi) is 4.29. The summed E-state index contributed by atoms with van der Waals surface area (Å²) in [5, 5.41) is 4.08. The Morgan fingerprint density at radius 3 is 3.04 bits per heavy atom. The number of benzene rings is 1. The van der Waals surface area contributed by atoms with Crippen molar-refractivity contribution < 1.29 is 0 Å². The predicted molar refractivity (Wildman–Crippen MR) is 95.7 cm³/mol. The Morgan fingerprint density at radius 1 is 1.33 bits per heavy atom. The molecule has 0 saturated heterocycles. The molecule has 6 heteroatoms. The summed E-state index contributed by atoms with van der Waals surface area (Å²) in [6, 6.07) is 6.50. The molecule has 0 unspecified atom stereocenters. The predicted octanol–water partition coefficient (Wildman–Crippen LogP) is 2.70. The number of hydrogen-bond donors (Lipinski definition) is 1. The molecule has 1 N–H and O–H groups in total. The lowest BCUT2D eigenvalue weighted by Crippen LogP contribution is -2.35. The minimum absolute atomic E-state index is 0.00392. The second-order valence-electron chi connectivity index (χ2n) is 6.55. The normalized spacial score (nSPS) is 17.5. The van der Waals surface area contributed by atoms with Crippen molar-refractivity contribution in [1.82, 2.24) is 14.5 Å². The molecule has 0 radical (unpaired) electrons. The van der Waals surface area contributed by atoms with Crippen LogP contribution in [0.2, 0.25) is 5.02 Å². The van der Waals surface area contributed by atoms with Crippen LogP contribution in [0.3, 0.4) is 0 Å². The van der Waals surface area contributed by atoms with Crippen LogP contribution in [0, 0.1) is 0 Å². The van der Waals surface area contributed by atoms with E-state index in [1.54, 1.807) is 17.0 Å². The molecule has 0 spiro atoms. The first-order chi connectivity index (χ1) is 11.7. The molecule has 0 amide bonds. The van der Waals surface area contributed by atoms with Crippen molar-refractivity contribution in [2.45, 2.75) is 31.8 Å². The lowest BCUT2D eigenvalue weighted by atomic mass is 10.00. The standard InChI is InChI=1S/C18H21ClN4O/c19-16-3-1-2-13-12-22(9-6-15(13)16)10-7-20-17-18(24)23(11-8-21-17)14-4-5-14/h1-3,8,11,14H,4-7,9-10,12H2,(H,20,21). The Labute approximate surface area is 146 Å². The molecule has 1 fully saturated rings. The summed E-state index contributed by atoms with van der Waals surface area (Å²) in [6.45, 7) is 3.50. The highest BCUT2D eigenvalue weighted by molar-refractivity contribution is 6.31. The smallest absolute Gasteiger partial charge is 0.293 e. The molecular weight excluding hydrogens is 324 g/mol. The molecule has 126 valence electrons. The number of aromatic nitrogens is 2. The lowest BCUT2D eigenvalue weighted by Gasteiger charge is -2.29. The zero-order valence-corrected chi connectivity index (χ0v) is 14.3. The van der Waals surface area contributed by atoms with E-state index in [0.717, 1.165) is 43.9 Å². The van der Waals surface area contributed by atoms with E-state index in [4.69, 9.17) is 11.6 Å². The van der Waals surface area contributed by atoms with Crippen LogP contribution in [0.15, 0.2) is 35.4 Å². The fourth-order valence-electron chi connectivity index (χ4n) is 3.33. The molecule has 2 heterocycles. The van der Waals surface area contributed by atoms with E-state index in [1.807, 2.05) is 12.1 Å². The number of halogens is 1. The number of hydrogen-bond acceptors (Lipinski definition) is 4. The monoisotopic (exact) mass is 344 g/mol. The molecule has 1 aliphatic carbocycles. The van der Waals surface area contributed by atoms with Crippen LogP contribution in [0.1, 0.15) is 30.0 Å². The second kappa shape index (κ2) is 6.57. The van der Waals surface area contributed by atoms with Crippen LogP contribution >= 0.6 is 11.6 Å². The highest BCUT2D eigenvalue weighted by Crippen LogP contribution is 2.33. The Hall–Kier alpha value is -1.85. The summed E-state index contributed by atoms with van der Waals surface area (Å²) < 4.78 is 1.80. The van der Waals surface area contributed by atoms with Gasteiger partial charge in [-0.25, -0.2) is 4.98 Å². The van der Waals surface area contributed by atoms with Gasteiger partial charge in [-0.3, -0.25) is 9.69 Å². The van der Waals surface area contributed by atoms with Crippen molar-refractivity contribution in [3.05, 3.63) is 57.1 Å². The van der Waals surface area contributed by atoms with Crippen molar-refractivity contribution >= 4 is 17.4 Å². The quantitative estimate of drug-likeness (QED) is 0.906. The largest absolute Gasteiger partial charge is 0.364 e. The van der Waals surface area contributed by atoms with Crippen molar-refractivity contribution in [3.63, 3.8) is 0 Å².